The summed E-state index contributed by atoms with van der Waals surface area (Å²) < 4.78 is 8.27. The Labute approximate surface area is 177 Å². The van der Waals surface area contributed by atoms with Crippen LogP contribution in [0.25, 0.3) is 16.9 Å². The van der Waals surface area contributed by atoms with Crippen LogP contribution >= 0.6 is 23.1 Å². The van der Waals surface area contributed by atoms with Crippen LogP contribution in [0.5, 0.6) is 0 Å². The number of hydrogen-bond donors (Lipinski definition) is 1. The van der Waals surface area contributed by atoms with Gasteiger partial charge in [-0.1, -0.05) is 30.9 Å². The molecule has 0 amide bonds. The molecular formula is C20H22ClN7S. The zero-order valence-corrected chi connectivity index (χ0v) is 18.0. The number of anilines is 2. The van der Waals surface area contributed by atoms with Gasteiger partial charge in [-0.05, 0) is 31.3 Å². The number of nitrogens with one attached hydrogen (secondary N) is 1. The van der Waals surface area contributed by atoms with Gasteiger partial charge in [-0.2, -0.15) is 9.47 Å². The molecule has 9 heteroatoms. The minimum absolute atomic E-state index is 0.469. The van der Waals surface area contributed by atoms with Gasteiger partial charge in [0.15, 0.2) is 11.5 Å². The van der Waals surface area contributed by atoms with E-state index in [-0.39, 0.29) is 0 Å². The highest BCUT2D eigenvalue weighted by Crippen LogP contribution is 2.36. The molecule has 7 nitrogen and oxygen atoms in total. The van der Waals surface area contributed by atoms with Gasteiger partial charge in [0.05, 0.1) is 34.5 Å². The predicted octanol–water partition coefficient (Wildman–Crippen LogP) is 5.34. The Hall–Kier alpha value is -2.45. The zero-order chi connectivity index (χ0) is 20.0. The molecule has 0 unspecified atom stereocenters. The number of imidazole rings is 1. The van der Waals surface area contributed by atoms with Crippen molar-refractivity contribution in [3.8, 4) is 11.3 Å². The molecule has 0 bridgehead atoms. The average Bonchev–Trinajstić information content (AvgIpc) is 3.43. The van der Waals surface area contributed by atoms with E-state index in [0.717, 1.165) is 33.3 Å². The lowest BCUT2D eigenvalue weighted by Crippen LogP contribution is -2.10. The smallest absolute Gasteiger partial charge is 0.180 e. The fourth-order valence-electron chi connectivity index (χ4n) is 4.00. The van der Waals surface area contributed by atoms with Crippen molar-refractivity contribution < 1.29 is 0 Å². The van der Waals surface area contributed by atoms with Crippen molar-refractivity contribution in [1.82, 2.24) is 28.5 Å². The van der Waals surface area contributed by atoms with Crippen molar-refractivity contribution >= 4 is 39.6 Å². The van der Waals surface area contributed by atoms with Crippen LogP contribution in [-0.2, 0) is 7.05 Å². The van der Waals surface area contributed by atoms with Crippen LogP contribution in [0.3, 0.4) is 0 Å². The summed E-state index contributed by atoms with van der Waals surface area (Å²) in [6.45, 7) is 1.90. The van der Waals surface area contributed by atoms with Crippen LogP contribution in [-0.4, -0.2) is 28.5 Å². The first-order valence-electron chi connectivity index (χ1n) is 9.86. The van der Waals surface area contributed by atoms with Crippen molar-refractivity contribution in [2.75, 3.05) is 5.32 Å². The number of fused-ring (bicyclic) bond motifs is 1. The number of aryl methyl sites for hydroxylation is 2. The van der Waals surface area contributed by atoms with Crippen molar-refractivity contribution in [3.05, 3.63) is 41.2 Å². The molecule has 0 radical (unpaired) electrons. The maximum atomic E-state index is 6.42. The standard InChI is InChI=1S/C20H22ClN7S/c1-12-17(21)20(29-26-12)25-18-19-22-9-16(14-8-23-27(2)10-14)28(19)11-15(24-18)13-6-4-3-5-7-13/h8-11,13H,3-7H2,1-2H3,(H,24,25). The monoisotopic (exact) mass is 427 g/mol. The first kappa shape index (κ1) is 18.6. The summed E-state index contributed by atoms with van der Waals surface area (Å²) in [5.74, 6) is 1.19. The summed E-state index contributed by atoms with van der Waals surface area (Å²) >= 11 is 7.77. The molecule has 150 valence electrons. The zero-order valence-electron chi connectivity index (χ0n) is 16.4. The van der Waals surface area contributed by atoms with Crippen molar-refractivity contribution in [1.29, 1.82) is 0 Å². The number of halogens is 1. The third-order valence-electron chi connectivity index (χ3n) is 5.56. The predicted molar refractivity (Wildman–Crippen MR) is 116 cm³/mol. The lowest BCUT2D eigenvalue weighted by molar-refractivity contribution is 0.436. The van der Waals surface area contributed by atoms with Gasteiger partial charge in [-0.3, -0.25) is 9.08 Å². The largest absolute Gasteiger partial charge is 0.326 e. The van der Waals surface area contributed by atoms with Gasteiger partial charge in [0.1, 0.15) is 5.00 Å². The van der Waals surface area contributed by atoms with E-state index in [9.17, 15) is 0 Å². The molecule has 1 aliphatic carbocycles. The van der Waals surface area contributed by atoms with E-state index >= 15 is 0 Å². The summed E-state index contributed by atoms with van der Waals surface area (Å²) in [5.41, 5.74) is 4.71. The number of nitrogens with zero attached hydrogens (tertiary/aromatic N) is 6. The Bertz CT molecular complexity index is 1170. The summed E-state index contributed by atoms with van der Waals surface area (Å²) in [5, 5.41) is 9.14. The molecule has 0 saturated heterocycles. The number of hydrogen-bond acceptors (Lipinski definition) is 6. The SMILES string of the molecule is Cc1nsc(Nc2nc(C3CCCCC3)cn3c(-c4cnn(C)c4)cnc23)c1Cl. The number of aromatic nitrogens is 6. The second-order valence-corrected chi connectivity index (χ2v) is 8.78. The Morgan fingerprint density at radius 3 is 2.69 bits per heavy atom. The second-order valence-electron chi connectivity index (χ2n) is 7.63. The molecule has 1 N–H and O–H groups in total. The van der Waals surface area contributed by atoms with E-state index in [0.29, 0.717) is 16.8 Å². The lowest BCUT2D eigenvalue weighted by Gasteiger charge is -2.22. The van der Waals surface area contributed by atoms with E-state index in [1.54, 1.807) is 4.68 Å². The maximum absolute atomic E-state index is 6.42. The minimum Gasteiger partial charge on any atom is -0.326 e. The molecule has 1 aliphatic rings. The lowest BCUT2D eigenvalue weighted by atomic mass is 9.87. The molecule has 4 aromatic heterocycles. The van der Waals surface area contributed by atoms with E-state index in [1.165, 1.54) is 43.6 Å². The minimum atomic E-state index is 0.469. The Kier molecular flexibility index (Phi) is 4.75. The van der Waals surface area contributed by atoms with E-state index in [4.69, 9.17) is 16.6 Å². The molecule has 29 heavy (non-hydrogen) atoms. The fourth-order valence-corrected chi connectivity index (χ4v) is 4.93. The quantitative estimate of drug-likeness (QED) is 0.476. The fraction of sp³-hybridized carbons (Fsp3) is 0.400. The molecule has 1 saturated carbocycles. The van der Waals surface area contributed by atoms with Gasteiger partial charge in [-0.25, -0.2) is 9.97 Å². The molecule has 4 heterocycles. The van der Waals surface area contributed by atoms with Crippen LogP contribution in [0.2, 0.25) is 5.02 Å². The van der Waals surface area contributed by atoms with Crippen LogP contribution in [0.1, 0.15) is 49.4 Å². The third kappa shape index (κ3) is 3.40. The summed E-state index contributed by atoms with van der Waals surface area (Å²) in [4.78, 5) is 9.65. The summed E-state index contributed by atoms with van der Waals surface area (Å²) in [6.07, 6.45) is 14.1. The molecule has 0 spiro atoms. The van der Waals surface area contributed by atoms with Gasteiger partial charge >= 0.3 is 0 Å². The van der Waals surface area contributed by atoms with Crippen LogP contribution in [0, 0.1) is 6.92 Å². The Balaban J connectivity index is 1.65. The van der Waals surface area contributed by atoms with Gasteiger partial charge in [0, 0.05) is 30.9 Å². The molecule has 0 aliphatic heterocycles. The maximum Gasteiger partial charge on any atom is 0.180 e. The normalized spacial score (nSPS) is 15.3. The summed E-state index contributed by atoms with van der Waals surface area (Å²) in [7, 11) is 1.92. The molecule has 1 fully saturated rings. The highest BCUT2D eigenvalue weighted by atomic mass is 35.5. The summed E-state index contributed by atoms with van der Waals surface area (Å²) in [6, 6.07) is 0. The Morgan fingerprint density at radius 2 is 2.00 bits per heavy atom. The first-order valence-corrected chi connectivity index (χ1v) is 11.0. The molecule has 4 aromatic rings. The van der Waals surface area contributed by atoms with Crippen LogP contribution in [0.15, 0.2) is 24.8 Å². The number of rotatable bonds is 4. The molecule has 5 rings (SSSR count). The van der Waals surface area contributed by atoms with Crippen molar-refractivity contribution in [2.45, 2.75) is 44.9 Å². The third-order valence-corrected chi connectivity index (χ3v) is 6.99. The first-order chi connectivity index (χ1) is 14.1. The van der Waals surface area contributed by atoms with E-state index in [2.05, 4.69) is 30.4 Å². The van der Waals surface area contributed by atoms with Crippen molar-refractivity contribution in [2.24, 2.45) is 7.05 Å². The van der Waals surface area contributed by atoms with Crippen molar-refractivity contribution in [3.63, 3.8) is 0 Å². The highest BCUT2D eigenvalue weighted by Gasteiger charge is 2.22. The second kappa shape index (κ2) is 7.42. The van der Waals surface area contributed by atoms with Crippen LogP contribution in [0.4, 0.5) is 10.8 Å². The highest BCUT2D eigenvalue weighted by molar-refractivity contribution is 7.11. The molecule has 0 aromatic carbocycles. The van der Waals surface area contributed by atoms with E-state index in [1.807, 2.05) is 32.6 Å². The van der Waals surface area contributed by atoms with Crippen LogP contribution < -0.4 is 5.32 Å². The average molecular weight is 428 g/mol. The van der Waals surface area contributed by atoms with Gasteiger partial charge in [0.2, 0.25) is 0 Å². The molecule has 0 atom stereocenters. The van der Waals surface area contributed by atoms with Gasteiger partial charge in [-0.15, -0.1) is 0 Å². The van der Waals surface area contributed by atoms with Gasteiger partial charge < -0.3 is 5.32 Å². The van der Waals surface area contributed by atoms with Gasteiger partial charge in [0.25, 0.3) is 0 Å². The topological polar surface area (TPSA) is 72.9 Å². The van der Waals surface area contributed by atoms with E-state index < -0.39 is 0 Å². The molecular weight excluding hydrogens is 406 g/mol. The Morgan fingerprint density at radius 1 is 1.17 bits per heavy atom.